The molecule has 0 bridgehead atoms. The SMILES string of the molecule is Cc1noc(C(C)Sc2nnc3ccc(C(F)(F)F)cn23)n1. The van der Waals surface area contributed by atoms with Gasteiger partial charge in [0.25, 0.3) is 0 Å². The summed E-state index contributed by atoms with van der Waals surface area (Å²) in [6.45, 7) is 3.48. The first kappa shape index (κ1) is 14.8. The van der Waals surface area contributed by atoms with Crippen LogP contribution in [0.1, 0.15) is 29.5 Å². The summed E-state index contributed by atoms with van der Waals surface area (Å²) in [6.07, 6.45) is -3.45. The van der Waals surface area contributed by atoms with Gasteiger partial charge in [0.05, 0.1) is 10.8 Å². The molecule has 10 heteroatoms. The monoisotopic (exact) mass is 329 g/mol. The number of thioether (sulfide) groups is 1. The largest absolute Gasteiger partial charge is 0.417 e. The van der Waals surface area contributed by atoms with Gasteiger partial charge in [0.1, 0.15) is 0 Å². The highest BCUT2D eigenvalue weighted by atomic mass is 32.2. The maximum absolute atomic E-state index is 12.8. The van der Waals surface area contributed by atoms with Crippen LogP contribution in [0.25, 0.3) is 5.65 Å². The molecular weight excluding hydrogens is 319 g/mol. The number of hydrogen-bond donors (Lipinski definition) is 0. The molecule has 0 amide bonds. The zero-order valence-electron chi connectivity index (χ0n) is 11.5. The molecule has 3 rings (SSSR count). The third-order valence-corrected chi connectivity index (χ3v) is 3.92. The van der Waals surface area contributed by atoms with E-state index in [0.717, 1.165) is 12.3 Å². The van der Waals surface area contributed by atoms with Crippen LogP contribution in [0, 0.1) is 6.92 Å². The van der Waals surface area contributed by atoms with Gasteiger partial charge in [-0.1, -0.05) is 16.9 Å². The molecule has 0 aliphatic carbocycles. The molecule has 0 aliphatic heterocycles. The van der Waals surface area contributed by atoms with Gasteiger partial charge in [-0.25, -0.2) is 0 Å². The molecular formula is C12H10F3N5OS. The smallest absolute Gasteiger partial charge is 0.338 e. The predicted molar refractivity (Wildman–Crippen MR) is 71.3 cm³/mol. The number of aromatic nitrogens is 5. The fourth-order valence-electron chi connectivity index (χ4n) is 1.80. The Bertz CT molecular complexity index is 813. The van der Waals surface area contributed by atoms with E-state index in [1.54, 1.807) is 13.8 Å². The van der Waals surface area contributed by atoms with Crippen LogP contribution in [0.2, 0.25) is 0 Å². The Morgan fingerprint density at radius 2 is 2.05 bits per heavy atom. The van der Waals surface area contributed by atoms with Crippen molar-refractivity contribution >= 4 is 17.4 Å². The minimum Gasteiger partial charge on any atom is -0.338 e. The summed E-state index contributed by atoms with van der Waals surface area (Å²) < 4.78 is 44.7. The first-order chi connectivity index (χ1) is 10.3. The Kier molecular flexibility index (Phi) is 3.55. The summed E-state index contributed by atoms with van der Waals surface area (Å²) in [5.41, 5.74) is -0.424. The van der Waals surface area contributed by atoms with Gasteiger partial charge in [-0.2, -0.15) is 18.2 Å². The lowest BCUT2D eigenvalue weighted by Gasteiger charge is -2.08. The number of alkyl halides is 3. The fourth-order valence-corrected chi connectivity index (χ4v) is 2.67. The molecule has 0 aromatic carbocycles. The summed E-state index contributed by atoms with van der Waals surface area (Å²) in [4.78, 5) is 4.09. The average Bonchev–Trinajstić information content (AvgIpc) is 3.04. The van der Waals surface area contributed by atoms with Gasteiger partial charge in [-0.05, 0) is 26.0 Å². The Morgan fingerprint density at radius 3 is 2.68 bits per heavy atom. The van der Waals surface area contributed by atoms with E-state index < -0.39 is 11.7 Å². The molecule has 6 nitrogen and oxygen atoms in total. The van der Waals surface area contributed by atoms with E-state index in [1.165, 1.54) is 22.2 Å². The second kappa shape index (κ2) is 5.27. The third-order valence-electron chi connectivity index (χ3n) is 2.87. The lowest BCUT2D eigenvalue weighted by Crippen LogP contribution is -2.06. The quantitative estimate of drug-likeness (QED) is 0.687. The van der Waals surface area contributed by atoms with Crippen molar-refractivity contribution in [3.05, 3.63) is 35.6 Å². The van der Waals surface area contributed by atoms with Crippen molar-refractivity contribution in [1.82, 2.24) is 24.7 Å². The van der Waals surface area contributed by atoms with Gasteiger partial charge in [-0.15, -0.1) is 10.2 Å². The van der Waals surface area contributed by atoms with E-state index >= 15 is 0 Å². The molecule has 22 heavy (non-hydrogen) atoms. The molecule has 3 heterocycles. The molecule has 1 atom stereocenters. The molecule has 116 valence electrons. The first-order valence-electron chi connectivity index (χ1n) is 6.23. The number of fused-ring (bicyclic) bond motifs is 1. The zero-order chi connectivity index (χ0) is 15.9. The molecule has 0 saturated carbocycles. The van der Waals surface area contributed by atoms with Gasteiger partial charge in [0.15, 0.2) is 16.6 Å². The number of halogens is 3. The van der Waals surface area contributed by atoms with Crippen molar-refractivity contribution in [3.63, 3.8) is 0 Å². The lowest BCUT2D eigenvalue weighted by molar-refractivity contribution is -0.137. The summed E-state index contributed by atoms with van der Waals surface area (Å²) in [5, 5.41) is 11.5. The van der Waals surface area contributed by atoms with Crippen LogP contribution in [0.3, 0.4) is 0 Å². The highest BCUT2D eigenvalue weighted by Crippen LogP contribution is 2.34. The summed E-state index contributed by atoms with van der Waals surface area (Å²) >= 11 is 1.19. The standard InChI is InChI=1S/C12H10F3N5OS/c1-6(10-16-7(2)19-21-10)22-11-18-17-9-4-3-8(5-20(9)11)12(13,14)15/h3-6H,1-2H3. The Balaban J connectivity index is 1.93. The molecule has 3 aromatic heterocycles. The lowest BCUT2D eigenvalue weighted by atomic mass is 10.3. The van der Waals surface area contributed by atoms with Crippen molar-refractivity contribution in [2.24, 2.45) is 0 Å². The molecule has 0 radical (unpaired) electrons. The number of pyridine rings is 1. The van der Waals surface area contributed by atoms with Gasteiger partial charge in [0, 0.05) is 6.20 Å². The third kappa shape index (κ3) is 2.78. The number of aryl methyl sites for hydroxylation is 1. The van der Waals surface area contributed by atoms with Gasteiger partial charge in [-0.3, -0.25) is 4.40 Å². The van der Waals surface area contributed by atoms with Crippen LogP contribution in [-0.4, -0.2) is 24.7 Å². The van der Waals surface area contributed by atoms with Crippen LogP contribution in [0.15, 0.2) is 28.0 Å². The molecule has 0 saturated heterocycles. The molecule has 0 aliphatic rings. The second-order valence-corrected chi connectivity index (χ2v) is 5.87. The Labute approximate surface area is 126 Å². The van der Waals surface area contributed by atoms with Crippen LogP contribution < -0.4 is 0 Å². The summed E-state index contributed by atoms with van der Waals surface area (Å²) in [7, 11) is 0. The van der Waals surface area contributed by atoms with Crippen molar-refractivity contribution in [2.75, 3.05) is 0 Å². The predicted octanol–water partition coefficient (Wildman–Crippen LogP) is 3.29. The highest BCUT2D eigenvalue weighted by molar-refractivity contribution is 7.99. The first-order valence-corrected chi connectivity index (χ1v) is 7.11. The number of nitrogens with zero attached hydrogens (tertiary/aromatic N) is 5. The minimum atomic E-state index is -4.42. The number of hydrogen-bond acceptors (Lipinski definition) is 6. The second-order valence-electron chi connectivity index (χ2n) is 4.57. The van der Waals surface area contributed by atoms with Crippen molar-refractivity contribution < 1.29 is 17.7 Å². The molecule has 0 fully saturated rings. The average molecular weight is 329 g/mol. The van der Waals surface area contributed by atoms with E-state index in [4.69, 9.17) is 4.52 Å². The zero-order valence-corrected chi connectivity index (χ0v) is 12.3. The van der Waals surface area contributed by atoms with E-state index in [1.807, 2.05) is 0 Å². The van der Waals surface area contributed by atoms with Crippen LogP contribution >= 0.6 is 11.8 Å². The molecule has 0 N–H and O–H groups in total. The number of rotatable bonds is 3. The summed E-state index contributed by atoms with van der Waals surface area (Å²) in [5.74, 6) is 0.874. The van der Waals surface area contributed by atoms with Crippen LogP contribution in [-0.2, 0) is 6.18 Å². The molecule has 0 spiro atoms. The van der Waals surface area contributed by atoms with E-state index in [2.05, 4.69) is 20.3 Å². The Hall–Kier alpha value is -2.10. The van der Waals surface area contributed by atoms with Crippen molar-refractivity contribution in [3.8, 4) is 0 Å². The maximum Gasteiger partial charge on any atom is 0.417 e. The maximum atomic E-state index is 12.8. The van der Waals surface area contributed by atoms with E-state index in [-0.39, 0.29) is 5.25 Å². The normalized spacial score (nSPS) is 13.7. The minimum absolute atomic E-state index is 0.261. The van der Waals surface area contributed by atoms with Crippen LogP contribution in [0.5, 0.6) is 0 Å². The van der Waals surface area contributed by atoms with Gasteiger partial charge >= 0.3 is 6.18 Å². The highest BCUT2D eigenvalue weighted by Gasteiger charge is 2.31. The topological polar surface area (TPSA) is 69.1 Å². The van der Waals surface area contributed by atoms with E-state index in [9.17, 15) is 13.2 Å². The van der Waals surface area contributed by atoms with Gasteiger partial charge < -0.3 is 4.52 Å². The van der Waals surface area contributed by atoms with Crippen LogP contribution in [0.4, 0.5) is 13.2 Å². The molecule has 3 aromatic rings. The summed E-state index contributed by atoms with van der Waals surface area (Å²) in [6, 6.07) is 2.25. The Morgan fingerprint density at radius 1 is 1.27 bits per heavy atom. The van der Waals surface area contributed by atoms with E-state index in [0.29, 0.717) is 22.5 Å². The van der Waals surface area contributed by atoms with Gasteiger partial charge in [0.2, 0.25) is 5.89 Å². The van der Waals surface area contributed by atoms with Crippen molar-refractivity contribution in [2.45, 2.75) is 30.4 Å². The fraction of sp³-hybridized carbons (Fsp3) is 0.333. The van der Waals surface area contributed by atoms with Crippen molar-refractivity contribution in [1.29, 1.82) is 0 Å². The molecule has 1 unspecified atom stereocenters.